The van der Waals surface area contributed by atoms with Gasteiger partial charge in [0.1, 0.15) is 11.2 Å². The van der Waals surface area contributed by atoms with Crippen LogP contribution in [0.1, 0.15) is 45.2 Å². The second kappa shape index (κ2) is 18.8. The monoisotopic (exact) mass is 1130 g/mol. The molecule has 0 aliphatic rings. The van der Waals surface area contributed by atoms with Crippen molar-refractivity contribution in [3.63, 3.8) is 0 Å². The molecule has 0 aliphatic heterocycles. The standard InChI is InChI=1S/C75H47N5OSSi/c1-3-24-50(25-4-1)83(51-26-5-2-6-27-51,52-28-19-22-48(46-52)54-36-21-37-58-57-32-11-17-42-67(57)81-72(54)58)53-29-20-23-49(47-53)73-76-74(60-34-10-16-41-65(60)79-62-38-13-7-30-55(62)56-31-8-14-39-63(56)79)78-75(77-73)80-64-40-15-9-33-59(64)70-66(80)44-45-69-71(70)61-35-12-18-43-68(61)82-69/h1-47H/i7D,8D,9D,10D,11D,13D,14D,15D,16D,17D,19D,20D,21D,22D,23D,28D,29D,30D,31D,32D,33D,34D,36D,37D,38D,39D,40D,41D,42D,44D,45D,46D,47D. The molecule has 0 unspecified atom stereocenters. The SMILES string of the molecule is [2H]c1c([2H])c([2H])c(-n2c3c([2H])c([2H])c([2H])c([2H])c3c3c([2H])c([2H])c([2H])c([2H])c32)c(-c2nc(-c3c([2H])c([2H])c([2H])c([Si](c4ccccc4)(c4ccccc4)c4c([2H])c([2H])c([2H])c(-c5c([2H])c([2H])c([2H])c6c5oc5c([2H])c([2H])c([2H])c([2H])c56)c4[2H])c3[2H])nc(-n3c4c([2H])c([2H])c([2H])c([2H])c4c4c5c(sc6ccccc65)c([2H])c([2H])c43)n2)c1[2H]. The van der Waals surface area contributed by atoms with Crippen LogP contribution in [0.3, 0.4) is 0 Å². The topological polar surface area (TPSA) is 61.7 Å². The molecule has 0 aliphatic carbocycles. The quantitative estimate of drug-likeness (QED) is 0.107. The van der Waals surface area contributed by atoms with E-state index in [9.17, 15) is 32.9 Å². The van der Waals surface area contributed by atoms with Gasteiger partial charge in [-0.1, -0.05) is 230 Å². The van der Waals surface area contributed by atoms with Crippen molar-refractivity contribution in [2.45, 2.75) is 0 Å². The zero-order chi connectivity index (χ0) is 83.3. The smallest absolute Gasteiger partial charge is 0.238 e. The minimum absolute atomic E-state index is 0.0394. The zero-order valence-corrected chi connectivity index (χ0v) is 44.0. The Kier molecular flexibility index (Phi) is 5.68. The molecular formula is C75H47N5OSSi. The Balaban J connectivity index is 1.09. The normalized spacial score (nSPS) is 17.7. The van der Waals surface area contributed by atoms with Crippen molar-refractivity contribution < 1.29 is 49.7 Å². The number of furan rings is 1. The first-order valence-electron chi connectivity index (χ1n) is 41.9. The highest BCUT2D eigenvalue weighted by molar-refractivity contribution is 7.26. The molecule has 388 valence electrons. The van der Waals surface area contributed by atoms with E-state index in [-0.39, 0.29) is 31.2 Å². The molecule has 0 bridgehead atoms. The van der Waals surface area contributed by atoms with Gasteiger partial charge in [0.25, 0.3) is 0 Å². The number of hydrogen-bond donors (Lipinski definition) is 0. The van der Waals surface area contributed by atoms with E-state index >= 15 is 0 Å². The Hall–Kier alpha value is -10.5. The van der Waals surface area contributed by atoms with Crippen molar-refractivity contribution in [1.29, 1.82) is 0 Å². The van der Waals surface area contributed by atoms with Gasteiger partial charge in [0.2, 0.25) is 5.95 Å². The molecule has 0 fully saturated rings. The summed E-state index contributed by atoms with van der Waals surface area (Å²) in [6.07, 6.45) is 0. The van der Waals surface area contributed by atoms with E-state index in [2.05, 4.69) is 0 Å². The molecular weight excluding hydrogens is 1050 g/mol. The lowest BCUT2D eigenvalue weighted by Gasteiger charge is -2.35. The summed E-state index contributed by atoms with van der Waals surface area (Å²) in [6.45, 7) is 0. The minimum Gasteiger partial charge on any atom is -0.455 e. The number of rotatable bonds is 9. The molecule has 0 amide bonds. The lowest BCUT2D eigenvalue weighted by atomic mass is 10.0. The fraction of sp³-hybridized carbons (Fsp3) is 0. The van der Waals surface area contributed by atoms with E-state index in [1.165, 1.54) is 48.5 Å². The number of nitrogens with zero attached hydrogens (tertiary/aromatic N) is 5. The van der Waals surface area contributed by atoms with Gasteiger partial charge in [-0.15, -0.1) is 11.3 Å². The highest BCUT2D eigenvalue weighted by atomic mass is 32.1. The number of para-hydroxylation sites is 6. The molecule has 0 saturated carbocycles. The van der Waals surface area contributed by atoms with Crippen LogP contribution < -0.4 is 20.7 Å². The third-order valence-electron chi connectivity index (χ3n) is 14.5. The van der Waals surface area contributed by atoms with E-state index in [4.69, 9.17) is 31.7 Å². The van der Waals surface area contributed by atoms with Gasteiger partial charge in [-0.25, -0.2) is 4.98 Å². The summed E-state index contributed by atoms with van der Waals surface area (Å²) in [5, 5.41) is -2.89. The minimum atomic E-state index is -5.43. The highest BCUT2D eigenvalue weighted by Crippen LogP contribution is 2.44. The van der Waals surface area contributed by atoms with E-state index < -0.39 is 318 Å². The summed E-state index contributed by atoms with van der Waals surface area (Å²) < 4.78 is 325. The first kappa shape index (κ1) is 25.1. The molecule has 5 heterocycles. The van der Waals surface area contributed by atoms with Crippen LogP contribution in [0, 0.1) is 0 Å². The number of benzene rings is 12. The molecule has 5 aromatic heterocycles. The van der Waals surface area contributed by atoms with E-state index in [0.717, 1.165) is 20.5 Å². The third kappa shape index (κ3) is 7.23. The predicted molar refractivity (Wildman–Crippen MR) is 349 cm³/mol. The molecule has 17 aromatic rings. The largest absolute Gasteiger partial charge is 0.455 e. The van der Waals surface area contributed by atoms with Crippen molar-refractivity contribution in [2.24, 2.45) is 0 Å². The van der Waals surface area contributed by atoms with Gasteiger partial charge in [0.05, 0.1) is 73.0 Å². The molecule has 0 saturated heterocycles. The van der Waals surface area contributed by atoms with E-state index in [1.807, 2.05) is 0 Å². The van der Waals surface area contributed by atoms with Gasteiger partial charge in [0.15, 0.2) is 19.7 Å². The number of fused-ring (bicyclic) bond motifs is 13. The van der Waals surface area contributed by atoms with Crippen LogP contribution in [0.15, 0.2) is 289 Å². The van der Waals surface area contributed by atoms with Gasteiger partial charge < -0.3 is 8.98 Å². The Bertz CT molecular complexity index is 7340. The summed E-state index contributed by atoms with van der Waals surface area (Å²) in [5.74, 6) is -2.93. The van der Waals surface area contributed by atoms with Crippen LogP contribution in [0.25, 0.3) is 131 Å². The molecule has 0 radical (unpaired) electrons. The maximum absolute atomic E-state index is 11.1. The maximum Gasteiger partial charge on any atom is 0.238 e. The van der Waals surface area contributed by atoms with Crippen molar-refractivity contribution in [3.05, 3.63) is 284 Å². The molecule has 0 N–H and O–H groups in total. The molecule has 83 heavy (non-hydrogen) atoms. The summed E-state index contributed by atoms with van der Waals surface area (Å²) in [6, 6.07) is -7.82. The van der Waals surface area contributed by atoms with Crippen LogP contribution in [0.5, 0.6) is 0 Å². The second-order valence-corrected chi connectivity index (χ2v) is 23.6. The van der Waals surface area contributed by atoms with E-state index in [0.29, 0.717) is 10.1 Å². The molecule has 6 nitrogen and oxygen atoms in total. The predicted octanol–water partition coefficient (Wildman–Crippen LogP) is 16.7. The van der Waals surface area contributed by atoms with Crippen LogP contribution in [-0.2, 0) is 0 Å². The first-order valence-corrected chi connectivity index (χ1v) is 28.2. The summed E-state index contributed by atoms with van der Waals surface area (Å²) in [5.41, 5.74) is -7.66. The van der Waals surface area contributed by atoms with Gasteiger partial charge in [-0.2, -0.15) is 9.97 Å². The van der Waals surface area contributed by atoms with Crippen LogP contribution in [0.2, 0.25) is 0 Å². The van der Waals surface area contributed by atoms with Crippen molar-refractivity contribution in [2.75, 3.05) is 0 Å². The molecule has 8 heteroatoms. The third-order valence-corrected chi connectivity index (χ3v) is 20.0. The number of aromatic nitrogens is 5. The van der Waals surface area contributed by atoms with Crippen molar-refractivity contribution in [1.82, 2.24) is 24.1 Å². The molecule has 12 aromatic carbocycles. The zero-order valence-electron chi connectivity index (χ0n) is 75.1. The highest BCUT2D eigenvalue weighted by Gasteiger charge is 2.42. The van der Waals surface area contributed by atoms with Gasteiger partial charge in [0, 0.05) is 69.2 Å². The Morgan fingerprint density at radius 2 is 0.940 bits per heavy atom. The Labute approximate surface area is 528 Å². The lowest BCUT2D eigenvalue weighted by Crippen LogP contribution is -2.74. The number of thiophene rings is 1. The van der Waals surface area contributed by atoms with Gasteiger partial charge in [-0.3, -0.25) is 4.57 Å². The second-order valence-electron chi connectivity index (χ2n) is 18.9. The van der Waals surface area contributed by atoms with Gasteiger partial charge in [-0.05, 0) is 80.7 Å². The number of hydrogen-bond acceptors (Lipinski definition) is 5. The van der Waals surface area contributed by atoms with Crippen LogP contribution in [-0.4, -0.2) is 32.2 Å². The maximum atomic E-state index is 11.1. The average Bonchev–Trinajstić information content (AvgIpc) is 1.51. The van der Waals surface area contributed by atoms with Crippen LogP contribution >= 0.6 is 11.3 Å². The van der Waals surface area contributed by atoms with Crippen molar-refractivity contribution >= 4 is 126 Å². The van der Waals surface area contributed by atoms with E-state index in [1.54, 1.807) is 36.4 Å². The van der Waals surface area contributed by atoms with Crippen LogP contribution in [0.4, 0.5) is 0 Å². The molecule has 0 spiro atoms. The summed E-state index contributed by atoms with van der Waals surface area (Å²) >= 11 is 1.09. The summed E-state index contributed by atoms with van der Waals surface area (Å²) in [7, 11) is -5.43. The molecule has 17 rings (SSSR count). The lowest BCUT2D eigenvalue weighted by molar-refractivity contribution is 0.670. The van der Waals surface area contributed by atoms with Gasteiger partial charge >= 0.3 is 0 Å². The summed E-state index contributed by atoms with van der Waals surface area (Å²) in [4.78, 5) is 14.8. The molecule has 0 atom stereocenters. The fourth-order valence-electron chi connectivity index (χ4n) is 11.1. The Morgan fingerprint density at radius 1 is 0.373 bits per heavy atom. The Morgan fingerprint density at radius 3 is 1.69 bits per heavy atom. The first-order chi connectivity index (χ1) is 54.9. The van der Waals surface area contributed by atoms with Crippen molar-refractivity contribution in [3.8, 4) is 45.5 Å². The fourth-order valence-corrected chi connectivity index (χ4v) is 16.4. The average molecular weight is 1130 g/mol.